The molecule has 1 rings (SSSR count). The summed E-state index contributed by atoms with van der Waals surface area (Å²) in [5.41, 5.74) is 0.644. The van der Waals surface area contributed by atoms with Crippen LogP contribution < -0.4 is 5.32 Å². The largest absolute Gasteiger partial charge is 0.461 e. The molecule has 0 aliphatic heterocycles. The lowest BCUT2D eigenvalue weighted by atomic mass is 10.2. The summed E-state index contributed by atoms with van der Waals surface area (Å²) in [4.78, 5) is 23.5. The molecule has 0 atom stereocenters. The molecule has 0 aliphatic carbocycles. The van der Waals surface area contributed by atoms with Crippen LogP contribution in [0.2, 0.25) is 0 Å². The summed E-state index contributed by atoms with van der Waals surface area (Å²) in [5.74, 6) is -0.495. The predicted octanol–water partition coefficient (Wildman–Crippen LogP) is 0.162. The van der Waals surface area contributed by atoms with Gasteiger partial charge in [0, 0.05) is 13.7 Å². The number of carbonyl (C=O) groups excluding carboxylic acids is 2. The molecule has 0 aromatic carbocycles. The van der Waals surface area contributed by atoms with Gasteiger partial charge in [0.2, 0.25) is 5.91 Å². The number of esters is 1. The highest BCUT2D eigenvalue weighted by atomic mass is 16.5. The number of carbonyl (C=O) groups is 2. The van der Waals surface area contributed by atoms with Crippen molar-refractivity contribution in [3.63, 3.8) is 0 Å². The molecule has 1 heterocycles. The van der Waals surface area contributed by atoms with Crippen molar-refractivity contribution in [2.24, 2.45) is 5.92 Å². The number of nitrogens with zero attached hydrogens (tertiary/aromatic N) is 3. The van der Waals surface area contributed by atoms with Crippen LogP contribution in [0.4, 0.5) is 0 Å². The third-order valence-electron chi connectivity index (χ3n) is 2.65. The first-order valence-corrected chi connectivity index (χ1v) is 6.78. The molecule has 8 heteroatoms. The second kappa shape index (κ2) is 8.35. The Hall–Kier alpha value is -1.96. The molecule has 0 aliphatic rings. The standard InChI is InChI=1S/C13H22N4O4/c1-9(2)8-21-13(19)12-10(3)17(16-15-12)7-11(18)14-5-6-20-4/h9H,5-8H2,1-4H3,(H,14,18). The Bertz CT molecular complexity index is 485. The van der Waals surface area contributed by atoms with E-state index >= 15 is 0 Å². The SMILES string of the molecule is COCCNC(=O)Cn1nnc(C(=O)OCC(C)C)c1C. The smallest absolute Gasteiger partial charge is 0.360 e. The molecule has 21 heavy (non-hydrogen) atoms. The third kappa shape index (κ3) is 5.50. The molecule has 1 aromatic rings. The Morgan fingerprint density at radius 3 is 2.71 bits per heavy atom. The van der Waals surface area contributed by atoms with Crippen LogP contribution in [0.5, 0.6) is 0 Å². The fraction of sp³-hybridized carbons (Fsp3) is 0.692. The molecule has 0 bridgehead atoms. The summed E-state index contributed by atoms with van der Waals surface area (Å²) in [6.45, 7) is 6.75. The summed E-state index contributed by atoms with van der Waals surface area (Å²) < 4.78 is 11.3. The first-order chi connectivity index (χ1) is 9.95. The van der Waals surface area contributed by atoms with Crippen molar-refractivity contribution in [1.82, 2.24) is 20.3 Å². The topological polar surface area (TPSA) is 95.3 Å². The maximum absolute atomic E-state index is 11.8. The molecule has 0 fully saturated rings. The number of ether oxygens (including phenoxy) is 2. The van der Waals surface area contributed by atoms with Crippen LogP contribution in [0, 0.1) is 12.8 Å². The maximum Gasteiger partial charge on any atom is 0.360 e. The molecular weight excluding hydrogens is 276 g/mol. The number of methoxy groups -OCH3 is 1. The monoisotopic (exact) mass is 298 g/mol. The van der Waals surface area contributed by atoms with Crippen LogP contribution in [-0.2, 0) is 20.8 Å². The lowest BCUT2D eigenvalue weighted by molar-refractivity contribution is -0.122. The normalized spacial score (nSPS) is 10.7. The molecule has 0 radical (unpaired) electrons. The van der Waals surface area contributed by atoms with Crippen LogP contribution in [0.3, 0.4) is 0 Å². The van der Waals surface area contributed by atoms with Gasteiger partial charge in [-0.25, -0.2) is 9.48 Å². The molecule has 1 aromatic heterocycles. The van der Waals surface area contributed by atoms with E-state index in [1.165, 1.54) is 4.68 Å². The molecule has 0 saturated heterocycles. The number of hydrogen-bond acceptors (Lipinski definition) is 6. The minimum Gasteiger partial charge on any atom is -0.461 e. The van der Waals surface area contributed by atoms with Gasteiger partial charge in [0.15, 0.2) is 5.69 Å². The van der Waals surface area contributed by atoms with Crippen LogP contribution in [0.1, 0.15) is 30.0 Å². The highest BCUT2D eigenvalue weighted by Crippen LogP contribution is 2.06. The molecule has 0 unspecified atom stereocenters. The van der Waals surface area contributed by atoms with Crippen molar-refractivity contribution in [1.29, 1.82) is 0 Å². The van der Waals surface area contributed by atoms with E-state index in [2.05, 4.69) is 15.6 Å². The second-order valence-corrected chi connectivity index (χ2v) is 5.02. The van der Waals surface area contributed by atoms with Gasteiger partial charge in [-0.3, -0.25) is 4.79 Å². The van der Waals surface area contributed by atoms with E-state index < -0.39 is 5.97 Å². The van der Waals surface area contributed by atoms with Crippen molar-refractivity contribution in [2.45, 2.75) is 27.3 Å². The lowest BCUT2D eigenvalue weighted by Gasteiger charge is -2.07. The molecule has 8 nitrogen and oxygen atoms in total. The van der Waals surface area contributed by atoms with E-state index in [1.807, 2.05) is 13.8 Å². The van der Waals surface area contributed by atoms with E-state index in [1.54, 1.807) is 14.0 Å². The quantitative estimate of drug-likeness (QED) is 0.542. The number of amides is 1. The van der Waals surface area contributed by atoms with Gasteiger partial charge >= 0.3 is 5.97 Å². The first kappa shape index (κ1) is 17.1. The van der Waals surface area contributed by atoms with Gasteiger partial charge in [0.25, 0.3) is 0 Å². The van der Waals surface area contributed by atoms with Crippen molar-refractivity contribution in [2.75, 3.05) is 26.9 Å². The van der Waals surface area contributed by atoms with Gasteiger partial charge in [0.05, 0.1) is 18.9 Å². The molecule has 1 N–H and O–H groups in total. The number of aromatic nitrogens is 3. The zero-order valence-electron chi connectivity index (χ0n) is 12.9. The van der Waals surface area contributed by atoms with Gasteiger partial charge in [-0.05, 0) is 12.8 Å². The Morgan fingerprint density at radius 2 is 2.10 bits per heavy atom. The minimum absolute atomic E-state index is 0.00000811. The highest BCUT2D eigenvalue weighted by Gasteiger charge is 2.19. The number of nitrogens with one attached hydrogen (secondary N) is 1. The van der Waals surface area contributed by atoms with E-state index in [0.717, 1.165) is 0 Å². The zero-order valence-corrected chi connectivity index (χ0v) is 12.9. The summed E-state index contributed by atoms with van der Waals surface area (Å²) in [6.07, 6.45) is 0. The summed E-state index contributed by atoms with van der Waals surface area (Å²) >= 11 is 0. The van der Waals surface area contributed by atoms with Crippen LogP contribution in [0.15, 0.2) is 0 Å². The Morgan fingerprint density at radius 1 is 1.38 bits per heavy atom. The Kier molecular flexibility index (Phi) is 6.80. The van der Waals surface area contributed by atoms with E-state index in [-0.39, 0.29) is 24.1 Å². The zero-order chi connectivity index (χ0) is 15.8. The number of hydrogen-bond donors (Lipinski definition) is 1. The van der Waals surface area contributed by atoms with Gasteiger partial charge in [-0.2, -0.15) is 0 Å². The predicted molar refractivity (Wildman–Crippen MR) is 74.8 cm³/mol. The van der Waals surface area contributed by atoms with Crippen LogP contribution in [0.25, 0.3) is 0 Å². The maximum atomic E-state index is 11.8. The van der Waals surface area contributed by atoms with E-state index in [9.17, 15) is 9.59 Å². The summed E-state index contributed by atoms with van der Waals surface area (Å²) in [5, 5.41) is 10.3. The van der Waals surface area contributed by atoms with Crippen molar-refractivity contribution in [3.05, 3.63) is 11.4 Å². The van der Waals surface area contributed by atoms with E-state index in [0.29, 0.717) is 25.5 Å². The molecule has 118 valence electrons. The number of rotatable bonds is 8. The van der Waals surface area contributed by atoms with E-state index in [4.69, 9.17) is 9.47 Å². The van der Waals surface area contributed by atoms with Gasteiger partial charge in [-0.1, -0.05) is 19.1 Å². The molecular formula is C13H22N4O4. The third-order valence-corrected chi connectivity index (χ3v) is 2.65. The summed E-state index contributed by atoms with van der Waals surface area (Å²) in [7, 11) is 1.56. The molecule has 0 saturated carbocycles. The average molecular weight is 298 g/mol. The van der Waals surface area contributed by atoms with Crippen LogP contribution in [-0.4, -0.2) is 53.7 Å². The molecule has 1 amide bonds. The van der Waals surface area contributed by atoms with Crippen molar-refractivity contribution >= 4 is 11.9 Å². The summed E-state index contributed by atoms with van der Waals surface area (Å²) in [6, 6.07) is 0. The Labute approximate surface area is 123 Å². The molecule has 0 spiro atoms. The van der Waals surface area contributed by atoms with Gasteiger partial charge < -0.3 is 14.8 Å². The van der Waals surface area contributed by atoms with Crippen LogP contribution >= 0.6 is 0 Å². The average Bonchev–Trinajstić information content (AvgIpc) is 2.78. The van der Waals surface area contributed by atoms with Crippen molar-refractivity contribution < 1.29 is 19.1 Å². The van der Waals surface area contributed by atoms with Gasteiger partial charge in [-0.15, -0.1) is 5.10 Å². The minimum atomic E-state index is -0.521. The Balaban J connectivity index is 2.58. The van der Waals surface area contributed by atoms with Crippen molar-refractivity contribution in [3.8, 4) is 0 Å². The fourth-order valence-electron chi connectivity index (χ4n) is 1.49. The second-order valence-electron chi connectivity index (χ2n) is 5.02. The fourth-order valence-corrected chi connectivity index (χ4v) is 1.49. The first-order valence-electron chi connectivity index (χ1n) is 6.78. The lowest BCUT2D eigenvalue weighted by Crippen LogP contribution is -2.31. The highest BCUT2D eigenvalue weighted by molar-refractivity contribution is 5.88. The van der Waals surface area contributed by atoms with Gasteiger partial charge in [0.1, 0.15) is 6.54 Å².